The number of nitrogens with one attached hydrogen (secondary N) is 1. The van der Waals surface area contributed by atoms with Crippen molar-refractivity contribution in [2.45, 2.75) is 0 Å². The molecule has 0 unspecified atom stereocenters. The summed E-state index contributed by atoms with van der Waals surface area (Å²) in [6.07, 6.45) is 0. The largest absolute Gasteiger partial charge is 0.497 e. The van der Waals surface area contributed by atoms with Crippen molar-refractivity contribution in [3.8, 4) is 11.8 Å². The smallest absolute Gasteiger partial charge is 0.127 e. The number of benzene rings is 2. The van der Waals surface area contributed by atoms with Crippen LogP contribution in [0.1, 0.15) is 0 Å². The molecule has 8 heteroatoms. The molecule has 0 spiro atoms. The van der Waals surface area contributed by atoms with Gasteiger partial charge < -0.3 is 25.6 Å². The molecule has 1 heterocycles. The summed E-state index contributed by atoms with van der Waals surface area (Å²) in [6.45, 7) is 2.99. The highest BCUT2D eigenvalue weighted by molar-refractivity contribution is 7.81. The van der Waals surface area contributed by atoms with Crippen LogP contribution in [0, 0.1) is 11.3 Å². The van der Waals surface area contributed by atoms with E-state index in [1.165, 1.54) is 0 Å². The molecule has 0 bridgehead atoms. The Morgan fingerprint density at radius 1 is 1.10 bits per heavy atom. The van der Waals surface area contributed by atoms with Gasteiger partial charge in [0.2, 0.25) is 0 Å². The lowest BCUT2D eigenvalue weighted by Gasteiger charge is -2.37. The lowest BCUT2D eigenvalue weighted by molar-refractivity contribution is 0.317. The fraction of sp³-hybridized carbons (Fsp3) is 0.238. The van der Waals surface area contributed by atoms with Crippen LogP contribution in [0.4, 0.5) is 11.4 Å². The molecule has 3 N–H and O–H groups in total. The fourth-order valence-electron chi connectivity index (χ4n) is 3.11. The van der Waals surface area contributed by atoms with E-state index in [4.69, 9.17) is 34.3 Å². The van der Waals surface area contributed by atoms with Gasteiger partial charge in [0.05, 0.1) is 7.11 Å². The van der Waals surface area contributed by atoms with E-state index in [2.05, 4.69) is 16.3 Å². The minimum Gasteiger partial charge on any atom is -0.497 e. The summed E-state index contributed by atoms with van der Waals surface area (Å²) in [4.78, 5) is 4.57. The minimum absolute atomic E-state index is 0.271. The third kappa shape index (κ3) is 5.11. The molecule has 150 valence electrons. The van der Waals surface area contributed by atoms with Gasteiger partial charge in [0.15, 0.2) is 0 Å². The number of anilines is 2. The van der Waals surface area contributed by atoms with Gasteiger partial charge in [-0.25, -0.2) is 0 Å². The summed E-state index contributed by atoms with van der Waals surface area (Å²) >= 11 is 11.3. The zero-order valence-electron chi connectivity index (χ0n) is 16.1. The van der Waals surface area contributed by atoms with Crippen LogP contribution >= 0.6 is 23.8 Å². The topological polar surface area (TPSA) is 77.6 Å². The highest BCUT2D eigenvalue weighted by Crippen LogP contribution is 2.22. The molecule has 1 fully saturated rings. The molecule has 0 aliphatic carbocycles. The molecular weight excluding hydrogens is 406 g/mol. The highest BCUT2D eigenvalue weighted by atomic mass is 35.5. The fourth-order valence-corrected chi connectivity index (χ4v) is 3.50. The molecule has 2 aromatic rings. The van der Waals surface area contributed by atoms with E-state index in [-0.39, 0.29) is 5.57 Å². The molecule has 2 aromatic carbocycles. The maximum absolute atomic E-state index is 9.61. The van der Waals surface area contributed by atoms with Crippen molar-refractivity contribution < 1.29 is 4.74 Å². The molecule has 3 rings (SSSR count). The van der Waals surface area contributed by atoms with Crippen molar-refractivity contribution in [3.63, 3.8) is 0 Å². The van der Waals surface area contributed by atoms with E-state index in [0.29, 0.717) is 28.9 Å². The third-order valence-corrected chi connectivity index (χ3v) is 5.31. The molecule has 0 radical (unpaired) electrons. The number of halogens is 1. The summed E-state index contributed by atoms with van der Waals surface area (Å²) in [5.41, 5.74) is 8.46. The number of hydrogen-bond donors (Lipinski definition) is 2. The van der Waals surface area contributed by atoms with Gasteiger partial charge in [-0.15, -0.1) is 0 Å². The standard InChI is InChI=1S/C21H22ClN5OS/c1-28-18-8-6-17(7-9-18)26-10-12-27(13-11-26)20(24)19(14-23)21(29)25-16-4-2-15(22)3-5-16/h2-9H,10-13,24H2,1H3,(H,25,29)/b20-19+. The molecule has 1 aliphatic heterocycles. The first kappa shape index (κ1) is 20.8. The summed E-state index contributed by atoms with van der Waals surface area (Å²) in [7, 11) is 1.65. The van der Waals surface area contributed by atoms with E-state index in [0.717, 1.165) is 30.2 Å². The Kier molecular flexibility index (Phi) is 6.81. The van der Waals surface area contributed by atoms with Crippen LogP contribution < -0.4 is 20.7 Å². The second kappa shape index (κ2) is 9.50. The Labute approximate surface area is 181 Å². The summed E-state index contributed by atoms with van der Waals surface area (Å²) in [5.74, 6) is 1.23. The van der Waals surface area contributed by atoms with E-state index < -0.39 is 0 Å². The molecule has 0 atom stereocenters. The van der Waals surface area contributed by atoms with Crippen LogP contribution in [-0.2, 0) is 0 Å². The molecular formula is C21H22ClN5OS. The Morgan fingerprint density at radius 3 is 2.28 bits per heavy atom. The Balaban J connectivity index is 1.65. The van der Waals surface area contributed by atoms with E-state index >= 15 is 0 Å². The van der Waals surface area contributed by atoms with Gasteiger partial charge in [-0.1, -0.05) is 23.8 Å². The van der Waals surface area contributed by atoms with Crippen LogP contribution in [0.15, 0.2) is 59.9 Å². The molecule has 0 saturated carbocycles. The zero-order valence-corrected chi connectivity index (χ0v) is 17.6. The second-order valence-electron chi connectivity index (χ2n) is 6.51. The molecule has 0 amide bonds. The second-order valence-corrected chi connectivity index (χ2v) is 7.35. The number of methoxy groups -OCH3 is 1. The summed E-state index contributed by atoms with van der Waals surface area (Å²) in [5, 5.41) is 13.3. The van der Waals surface area contributed by atoms with Crippen LogP contribution in [0.25, 0.3) is 0 Å². The monoisotopic (exact) mass is 427 g/mol. The van der Waals surface area contributed by atoms with E-state index in [9.17, 15) is 5.26 Å². The first-order valence-corrected chi connectivity index (χ1v) is 9.91. The van der Waals surface area contributed by atoms with Gasteiger partial charge in [0.1, 0.15) is 28.2 Å². The molecule has 0 aromatic heterocycles. The number of ether oxygens (including phenoxy) is 1. The predicted molar refractivity (Wildman–Crippen MR) is 121 cm³/mol. The van der Waals surface area contributed by atoms with Crippen molar-refractivity contribution in [1.29, 1.82) is 5.26 Å². The predicted octanol–water partition coefficient (Wildman–Crippen LogP) is 3.60. The van der Waals surface area contributed by atoms with Crippen molar-refractivity contribution >= 4 is 40.2 Å². The Hall–Kier alpha value is -2.95. The van der Waals surface area contributed by atoms with Crippen LogP contribution in [0.5, 0.6) is 5.75 Å². The summed E-state index contributed by atoms with van der Waals surface area (Å²) in [6, 6.07) is 17.2. The van der Waals surface area contributed by atoms with Gasteiger partial charge in [-0.2, -0.15) is 5.26 Å². The van der Waals surface area contributed by atoms with Crippen molar-refractivity contribution in [1.82, 2.24) is 4.90 Å². The Bertz CT molecular complexity index is 929. The first-order valence-electron chi connectivity index (χ1n) is 9.12. The van der Waals surface area contributed by atoms with Crippen LogP contribution in [-0.4, -0.2) is 43.2 Å². The number of thiocarbonyl (C=S) groups is 1. The lowest BCUT2D eigenvalue weighted by atomic mass is 10.2. The van der Waals surface area contributed by atoms with Gasteiger partial charge in [0, 0.05) is 42.6 Å². The number of rotatable bonds is 5. The number of nitriles is 1. The molecule has 29 heavy (non-hydrogen) atoms. The maximum Gasteiger partial charge on any atom is 0.127 e. The number of hydrogen-bond acceptors (Lipinski definition) is 6. The molecule has 6 nitrogen and oxygen atoms in total. The SMILES string of the molecule is COc1ccc(N2CCN(/C(N)=C(\C#N)C(=S)Nc3ccc(Cl)cc3)CC2)cc1. The number of piperazine rings is 1. The van der Waals surface area contributed by atoms with Gasteiger partial charge in [-0.05, 0) is 48.5 Å². The Morgan fingerprint density at radius 2 is 1.72 bits per heavy atom. The van der Waals surface area contributed by atoms with Gasteiger partial charge >= 0.3 is 0 Å². The zero-order chi connectivity index (χ0) is 20.8. The number of nitrogens with zero attached hydrogens (tertiary/aromatic N) is 3. The average Bonchev–Trinajstić information content (AvgIpc) is 2.76. The minimum atomic E-state index is 0.271. The quantitative estimate of drug-likeness (QED) is 0.428. The highest BCUT2D eigenvalue weighted by Gasteiger charge is 2.21. The maximum atomic E-state index is 9.61. The van der Waals surface area contributed by atoms with Crippen molar-refractivity contribution in [2.75, 3.05) is 43.5 Å². The van der Waals surface area contributed by atoms with Gasteiger partial charge in [-0.3, -0.25) is 0 Å². The molecule has 1 saturated heterocycles. The van der Waals surface area contributed by atoms with Crippen LogP contribution in [0.2, 0.25) is 5.02 Å². The summed E-state index contributed by atoms with van der Waals surface area (Å²) < 4.78 is 5.21. The van der Waals surface area contributed by atoms with Crippen molar-refractivity contribution in [2.24, 2.45) is 5.73 Å². The van der Waals surface area contributed by atoms with Crippen molar-refractivity contribution in [3.05, 3.63) is 64.9 Å². The first-order chi connectivity index (χ1) is 14.0. The lowest BCUT2D eigenvalue weighted by Crippen LogP contribution is -2.48. The normalized spacial score (nSPS) is 14.7. The average molecular weight is 428 g/mol. The third-order valence-electron chi connectivity index (χ3n) is 4.76. The van der Waals surface area contributed by atoms with E-state index in [1.807, 2.05) is 29.2 Å². The van der Waals surface area contributed by atoms with Gasteiger partial charge in [0.25, 0.3) is 0 Å². The van der Waals surface area contributed by atoms with E-state index in [1.54, 1.807) is 31.4 Å². The van der Waals surface area contributed by atoms with Crippen LogP contribution in [0.3, 0.4) is 0 Å². The molecule has 1 aliphatic rings. The number of nitrogens with two attached hydrogens (primary N) is 1.